The Kier molecular flexibility index (Phi) is 6.27. The number of likely N-dealkylation sites (N-methyl/N-ethyl adjacent to an activating group) is 1. The van der Waals surface area contributed by atoms with Crippen molar-refractivity contribution in [1.82, 2.24) is 15.1 Å². The Labute approximate surface area is 129 Å². The fraction of sp³-hybridized carbons (Fsp3) is 0.765. The second-order valence-corrected chi connectivity index (χ2v) is 6.67. The molecule has 4 heteroatoms. The lowest BCUT2D eigenvalue weighted by atomic mass is 10.1. The summed E-state index contributed by atoms with van der Waals surface area (Å²) >= 11 is 0. The number of hydrogen-bond donors (Lipinski definition) is 1. The summed E-state index contributed by atoms with van der Waals surface area (Å²) in [6.45, 7) is 13.1. The van der Waals surface area contributed by atoms with Gasteiger partial charge in [0.2, 0.25) is 0 Å². The van der Waals surface area contributed by atoms with Gasteiger partial charge in [-0.15, -0.1) is 0 Å². The summed E-state index contributed by atoms with van der Waals surface area (Å²) in [5.41, 5.74) is 1.31. The Morgan fingerprint density at radius 1 is 1.38 bits per heavy atom. The summed E-state index contributed by atoms with van der Waals surface area (Å²) < 4.78 is 5.73. The lowest BCUT2D eigenvalue weighted by Crippen LogP contribution is -2.50. The third-order valence-electron chi connectivity index (χ3n) is 4.41. The van der Waals surface area contributed by atoms with Crippen molar-refractivity contribution in [3.63, 3.8) is 0 Å². The molecule has 1 fully saturated rings. The maximum absolute atomic E-state index is 5.73. The fourth-order valence-electron chi connectivity index (χ4n) is 2.96. The van der Waals surface area contributed by atoms with Gasteiger partial charge < -0.3 is 14.6 Å². The maximum atomic E-state index is 5.73. The number of rotatable bonds is 7. The molecule has 1 aromatic heterocycles. The van der Waals surface area contributed by atoms with Crippen LogP contribution < -0.4 is 5.32 Å². The van der Waals surface area contributed by atoms with Gasteiger partial charge in [-0.3, -0.25) is 4.90 Å². The van der Waals surface area contributed by atoms with Crippen molar-refractivity contribution < 1.29 is 4.42 Å². The fourth-order valence-corrected chi connectivity index (χ4v) is 2.96. The van der Waals surface area contributed by atoms with E-state index in [9.17, 15) is 0 Å². The minimum Gasteiger partial charge on any atom is -0.468 e. The highest BCUT2D eigenvalue weighted by Crippen LogP contribution is 2.17. The maximum Gasteiger partial charge on any atom is 0.122 e. The van der Waals surface area contributed by atoms with Gasteiger partial charge >= 0.3 is 0 Å². The molecule has 0 aliphatic carbocycles. The van der Waals surface area contributed by atoms with E-state index in [1.165, 1.54) is 12.0 Å². The summed E-state index contributed by atoms with van der Waals surface area (Å²) in [6.07, 6.45) is 3.04. The lowest BCUT2D eigenvalue weighted by Gasteiger charge is -2.38. The quantitative estimate of drug-likeness (QED) is 0.837. The summed E-state index contributed by atoms with van der Waals surface area (Å²) in [4.78, 5) is 5.00. The highest BCUT2D eigenvalue weighted by molar-refractivity contribution is 5.17. The number of furan rings is 1. The summed E-state index contributed by atoms with van der Waals surface area (Å²) in [5.74, 6) is 1.81. The van der Waals surface area contributed by atoms with Gasteiger partial charge in [0, 0.05) is 37.8 Å². The Morgan fingerprint density at radius 3 is 2.90 bits per heavy atom. The highest BCUT2D eigenvalue weighted by atomic mass is 16.3. The predicted octanol–water partition coefficient (Wildman–Crippen LogP) is 2.55. The van der Waals surface area contributed by atoms with Gasteiger partial charge in [0.1, 0.15) is 5.76 Å². The zero-order valence-corrected chi connectivity index (χ0v) is 14.1. The molecule has 0 bridgehead atoms. The molecule has 1 unspecified atom stereocenters. The van der Waals surface area contributed by atoms with Crippen LogP contribution in [0.25, 0.3) is 0 Å². The first-order chi connectivity index (χ1) is 10.1. The van der Waals surface area contributed by atoms with Crippen LogP contribution in [0.4, 0.5) is 0 Å². The van der Waals surface area contributed by atoms with Crippen molar-refractivity contribution in [1.29, 1.82) is 0 Å². The van der Waals surface area contributed by atoms with Crippen molar-refractivity contribution in [3.8, 4) is 0 Å². The normalized spacial score (nSPS) is 21.3. The topological polar surface area (TPSA) is 31.7 Å². The monoisotopic (exact) mass is 293 g/mol. The van der Waals surface area contributed by atoms with Crippen molar-refractivity contribution in [2.45, 2.75) is 46.3 Å². The molecule has 1 N–H and O–H groups in total. The van der Waals surface area contributed by atoms with Crippen LogP contribution in [0.3, 0.4) is 0 Å². The summed E-state index contributed by atoms with van der Waals surface area (Å²) in [7, 11) is 2.24. The molecule has 0 spiro atoms. The van der Waals surface area contributed by atoms with Crippen LogP contribution in [0.15, 0.2) is 16.7 Å². The molecule has 0 radical (unpaired) electrons. The third-order valence-corrected chi connectivity index (χ3v) is 4.41. The Morgan fingerprint density at radius 2 is 2.19 bits per heavy atom. The van der Waals surface area contributed by atoms with Crippen LogP contribution in [0, 0.1) is 5.92 Å². The SMILES string of the molecule is CCC1CN(Cc2occc2CNCC(C)C)CCN1C. The third kappa shape index (κ3) is 4.83. The molecule has 1 atom stereocenters. The number of nitrogens with zero attached hydrogens (tertiary/aromatic N) is 2. The molecule has 21 heavy (non-hydrogen) atoms. The van der Waals surface area contributed by atoms with Gasteiger partial charge in [0.05, 0.1) is 12.8 Å². The number of piperazine rings is 1. The second-order valence-electron chi connectivity index (χ2n) is 6.67. The molecule has 0 saturated carbocycles. The van der Waals surface area contributed by atoms with Crippen LogP contribution in [0.2, 0.25) is 0 Å². The molecular weight excluding hydrogens is 262 g/mol. The van der Waals surface area contributed by atoms with E-state index in [0.717, 1.165) is 45.0 Å². The smallest absolute Gasteiger partial charge is 0.122 e. The van der Waals surface area contributed by atoms with Gasteiger partial charge in [0.25, 0.3) is 0 Å². The van der Waals surface area contributed by atoms with Crippen molar-refractivity contribution >= 4 is 0 Å². The average Bonchev–Trinajstić information content (AvgIpc) is 2.88. The first kappa shape index (κ1) is 16.5. The van der Waals surface area contributed by atoms with Crippen LogP contribution in [0.1, 0.15) is 38.5 Å². The number of nitrogens with one attached hydrogen (secondary N) is 1. The molecule has 2 rings (SSSR count). The van der Waals surface area contributed by atoms with Crippen LogP contribution in [-0.2, 0) is 13.1 Å². The second kappa shape index (κ2) is 7.97. The average molecular weight is 293 g/mol. The van der Waals surface area contributed by atoms with E-state index in [1.807, 2.05) is 6.26 Å². The van der Waals surface area contributed by atoms with E-state index in [4.69, 9.17) is 4.42 Å². The van der Waals surface area contributed by atoms with Crippen molar-refractivity contribution in [2.75, 3.05) is 33.2 Å². The lowest BCUT2D eigenvalue weighted by molar-refractivity contribution is 0.0833. The van der Waals surface area contributed by atoms with Gasteiger partial charge in [-0.25, -0.2) is 0 Å². The van der Waals surface area contributed by atoms with Crippen molar-refractivity contribution in [3.05, 3.63) is 23.7 Å². The van der Waals surface area contributed by atoms with E-state index in [0.29, 0.717) is 12.0 Å². The zero-order valence-electron chi connectivity index (χ0n) is 14.1. The molecule has 0 amide bonds. The molecular formula is C17H31N3O. The molecule has 1 aliphatic heterocycles. The van der Waals surface area contributed by atoms with Crippen molar-refractivity contribution in [2.24, 2.45) is 5.92 Å². The van der Waals surface area contributed by atoms with E-state index in [1.54, 1.807) is 0 Å². The predicted molar refractivity (Wildman–Crippen MR) is 87.2 cm³/mol. The molecule has 4 nitrogen and oxygen atoms in total. The van der Waals surface area contributed by atoms with E-state index >= 15 is 0 Å². The van der Waals surface area contributed by atoms with E-state index in [2.05, 4.69) is 49.0 Å². The van der Waals surface area contributed by atoms with Gasteiger partial charge in [-0.2, -0.15) is 0 Å². The minimum atomic E-state index is 0.677. The first-order valence-electron chi connectivity index (χ1n) is 8.28. The molecule has 1 aliphatic rings. The molecule has 2 heterocycles. The Hall–Kier alpha value is -0.840. The molecule has 0 aromatic carbocycles. The van der Waals surface area contributed by atoms with Crippen LogP contribution in [0.5, 0.6) is 0 Å². The number of hydrogen-bond acceptors (Lipinski definition) is 4. The standard InChI is InChI=1S/C17H31N3O/c1-5-16-12-20(8-7-19(16)4)13-17-15(6-9-21-17)11-18-10-14(2)3/h6,9,14,16,18H,5,7-8,10-13H2,1-4H3. The summed E-state index contributed by atoms with van der Waals surface area (Å²) in [5, 5.41) is 3.51. The van der Waals surface area contributed by atoms with E-state index in [-0.39, 0.29) is 0 Å². The summed E-state index contributed by atoms with van der Waals surface area (Å²) in [6, 6.07) is 2.78. The van der Waals surface area contributed by atoms with Crippen LogP contribution >= 0.6 is 0 Å². The minimum absolute atomic E-state index is 0.677. The Balaban J connectivity index is 1.87. The Bertz CT molecular complexity index is 416. The molecule has 1 aromatic rings. The highest BCUT2D eigenvalue weighted by Gasteiger charge is 2.24. The first-order valence-corrected chi connectivity index (χ1v) is 8.28. The van der Waals surface area contributed by atoms with Gasteiger partial charge in [-0.05, 0) is 32.0 Å². The van der Waals surface area contributed by atoms with Crippen LogP contribution in [-0.4, -0.2) is 49.1 Å². The van der Waals surface area contributed by atoms with Gasteiger partial charge in [0.15, 0.2) is 0 Å². The molecule has 120 valence electrons. The molecule has 1 saturated heterocycles. The van der Waals surface area contributed by atoms with Gasteiger partial charge in [-0.1, -0.05) is 20.8 Å². The van der Waals surface area contributed by atoms with E-state index < -0.39 is 0 Å². The zero-order chi connectivity index (χ0) is 15.2. The largest absolute Gasteiger partial charge is 0.468 e.